The zero-order chi connectivity index (χ0) is 18.2. The molecule has 0 radical (unpaired) electrons. The summed E-state index contributed by atoms with van der Waals surface area (Å²) in [7, 11) is 1.70. The summed E-state index contributed by atoms with van der Waals surface area (Å²) in [6.45, 7) is 5.80. The molecule has 1 aromatic heterocycles. The number of carbonyl (C=O) groups excluding carboxylic acids is 1. The van der Waals surface area contributed by atoms with Crippen molar-refractivity contribution in [2.24, 2.45) is 0 Å². The number of amides is 1. The van der Waals surface area contributed by atoms with Crippen molar-refractivity contribution in [3.63, 3.8) is 0 Å². The molecule has 2 aromatic rings. The number of benzene rings is 1. The molecule has 0 bridgehead atoms. The Morgan fingerprint density at radius 3 is 2.73 bits per heavy atom. The summed E-state index contributed by atoms with van der Waals surface area (Å²) >= 11 is 1.76. The van der Waals surface area contributed by atoms with E-state index in [-0.39, 0.29) is 5.91 Å². The van der Waals surface area contributed by atoms with Crippen LogP contribution in [0, 0.1) is 0 Å². The monoisotopic (exact) mass is 373 g/mol. The van der Waals surface area contributed by atoms with Crippen LogP contribution in [0.25, 0.3) is 0 Å². The highest BCUT2D eigenvalue weighted by Crippen LogP contribution is 2.21. The molecule has 140 valence electrons. The van der Waals surface area contributed by atoms with Gasteiger partial charge in [0.15, 0.2) is 0 Å². The lowest BCUT2D eigenvalue weighted by Gasteiger charge is -2.29. The van der Waals surface area contributed by atoms with Crippen molar-refractivity contribution in [1.29, 1.82) is 0 Å². The van der Waals surface area contributed by atoms with Crippen molar-refractivity contribution in [2.75, 3.05) is 39.8 Å². The molecule has 0 aliphatic carbocycles. The first-order chi connectivity index (χ1) is 12.8. The number of para-hydroxylation sites is 1. The lowest BCUT2D eigenvalue weighted by Crippen LogP contribution is -2.47. The third-order valence-corrected chi connectivity index (χ3v) is 5.52. The van der Waals surface area contributed by atoms with Gasteiger partial charge < -0.3 is 15.0 Å². The molecule has 1 aliphatic rings. The van der Waals surface area contributed by atoms with Crippen LogP contribution in [0.15, 0.2) is 41.8 Å². The number of methoxy groups -OCH3 is 1. The molecule has 1 N–H and O–H groups in total. The Hall–Kier alpha value is -1.89. The zero-order valence-electron chi connectivity index (χ0n) is 15.3. The van der Waals surface area contributed by atoms with Crippen molar-refractivity contribution in [1.82, 2.24) is 15.1 Å². The number of thiophene rings is 1. The number of carbonyl (C=O) groups is 1. The summed E-state index contributed by atoms with van der Waals surface area (Å²) < 4.78 is 5.50. The lowest BCUT2D eigenvalue weighted by molar-refractivity contribution is -0.132. The van der Waals surface area contributed by atoms with Gasteiger partial charge >= 0.3 is 0 Å². The van der Waals surface area contributed by atoms with E-state index >= 15 is 0 Å². The normalized spacial score (nSPS) is 14.6. The van der Waals surface area contributed by atoms with Crippen LogP contribution in [0.4, 0.5) is 0 Å². The minimum atomic E-state index is 0.253. The predicted octanol–water partition coefficient (Wildman–Crippen LogP) is 2.58. The number of nitrogens with zero attached hydrogens (tertiary/aromatic N) is 2. The van der Waals surface area contributed by atoms with Gasteiger partial charge in [-0.05, 0) is 17.5 Å². The minimum Gasteiger partial charge on any atom is -0.496 e. The van der Waals surface area contributed by atoms with Gasteiger partial charge in [0, 0.05) is 62.7 Å². The maximum atomic E-state index is 12.5. The van der Waals surface area contributed by atoms with E-state index in [4.69, 9.17) is 4.74 Å². The Labute approximate surface area is 159 Å². The third kappa shape index (κ3) is 5.30. The molecule has 26 heavy (non-hydrogen) atoms. The van der Waals surface area contributed by atoms with Crippen LogP contribution in [-0.4, -0.2) is 55.5 Å². The Kier molecular flexibility index (Phi) is 7.05. The molecule has 3 rings (SSSR count). The molecule has 1 aromatic carbocycles. The van der Waals surface area contributed by atoms with E-state index in [0.29, 0.717) is 6.42 Å². The highest BCUT2D eigenvalue weighted by atomic mass is 32.1. The first-order valence-electron chi connectivity index (χ1n) is 9.11. The number of rotatable bonds is 8. The summed E-state index contributed by atoms with van der Waals surface area (Å²) in [6.07, 6.45) is 0.556. The van der Waals surface area contributed by atoms with E-state index in [0.717, 1.165) is 57.1 Å². The summed E-state index contributed by atoms with van der Waals surface area (Å²) in [5.41, 5.74) is 1.15. The highest BCUT2D eigenvalue weighted by molar-refractivity contribution is 7.09. The molecule has 0 spiro atoms. The third-order valence-electron chi connectivity index (χ3n) is 4.66. The van der Waals surface area contributed by atoms with Gasteiger partial charge in [0.2, 0.25) is 5.91 Å². The Morgan fingerprint density at radius 2 is 2.00 bits per heavy atom. The topological polar surface area (TPSA) is 44.8 Å². The van der Waals surface area contributed by atoms with Crippen molar-refractivity contribution >= 4 is 17.2 Å². The van der Waals surface area contributed by atoms with E-state index in [9.17, 15) is 4.79 Å². The maximum Gasteiger partial charge on any atom is 0.223 e. The van der Waals surface area contributed by atoms with Crippen LogP contribution in [0.5, 0.6) is 5.75 Å². The Bertz CT molecular complexity index is 684. The summed E-state index contributed by atoms with van der Waals surface area (Å²) in [4.78, 5) is 18.2. The summed E-state index contributed by atoms with van der Waals surface area (Å²) in [6, 6.07) is 12.3. The quantitative estimate of drug-likeness (QED) is 0.773. The zero-order valence-corrected chi connectivity index (χ0v) is 16.1. The fourth-order valence-electron chi connectivity index (χ4n) is 3.24. The fraction of sp³-hybridized carbons (Fsp3) is 0.450. The number of hydrogen-bond acceptors (Lipinski definition) is 5. The molecule has 6 heteroatoms. The van der Waals surface area contributed by atoms with Crippen molar-refractivity contribution in [2.45, 2.75) is 19.5 Å². The minimum absolute atomic E-state index is 0.253. The smallest absolute Gasteiger partial charge is 0.223 e. The number of ether oxygens (including phenoxy) is 1. The van der Waals surface area contributed by atoms with Gasteiger partial charge in [0.25, 0.3) is 0 Å². The van der Waals surface area contributed by atoms with Crippen molar-refractivity contribution in [3.05, 3.63) is 52.2 Å². The van der Waals surface area contributed by atoms with Gasteiger partial charge in [-0.25, -0.2) is 0 Å². The van der Waals surface area contributed by atoms with E-state index in [1.54, 1.807) is 18.4 Å². The summed E-state index contributed by atoms with van der Waals surface area (Å²) in [5, 5.41) is 5.39. The van der Waals surface area contributed by atoms with Gasteiger partial charge in [-0.2, -0.15) is 0 Å². The van der Waals surface area contributed by atoms with Crippen LogP contribution >= 0.6 is 11.3 Å². The first kappa shape index (κ1) is 18.9. The molecule has 0 saturated carbocycles. The molecule has 1 aliphatic heterocycles. The SMILES string of the molecule is COc1ccccc1CN(CCC(=O)N1CCNCC1)Cc1cccs1. The van der Waals surface area contributed by atoms with E-state index < -0.39 is 0 Å². The fourth-order valence-corrected chi connectivity index (χ4v) is 3.98. The van der Waals surface area contributed by atoms with Crippen LogP contribution in [0.2, 0.25) is 0 Å². The van der Waals surface area contributed by atoms with Crippen molar-refractivity contribution < 1.29 is 9.53 Å². The average Bonchev–Trinajstić information content (AvgIpc) is 3.20. The average molecular weight is 374 g/mol. The summed E-state index contributed by atoms with van der Waals surface area (Å²) in [5.74, 6) is 1.15. The maximum absolute atomic E-state index is 12.5. The molecule has 2 heterocycles. The second-order valence-corrected chi connectivity index (χ2v) is 7.51. The molecule has 0 atom stereocenters. The molecule has 1 amide bonds. The van der Waals surface area contributed by atoms with E-state index in [2.05, 4.69) is 33.8 Å². The van der Waals surface area contributed by atoms with Crippen LogP contribution in [0.3, 0.4) is 0 Å². The van der Waals surface area contributed by atoms with Gasteiger partial charge in [-0.15, -0.1) is 11.3 Å². The molecular formula is C20H27N3O2S. The highest BCUT2D eigenvalue weighted by Gasteiger charge is 2.18. The standard InChI is InChI=1S/C20H27N3O2S/c1-25-19-7-3-2-5-17(19)15-22(16-18-6-4-14-26-18)11-8-20(24)23-12-9-21-10-13-23/h2-7,14,21H,8-13,15-16H2,1H3. The Morgan fingerprint density at radius 1 is 1.19 bits per heavy atom. The molecule has 1 saturated heterocycles. The van der Waals surface area contributed by atoms with Crippen LogP contribution in [-0.2, 0) is 17.9 Å². The number of piperazine rings is 1. The molecular weight excluding hydrogens is 346 g/mol. The molecule has 0 unspecified atom stereocenters. The van der Waals surface area contributed by atoms with Crippen LogP contribution < -0.4 is 10.1 Å². The van der Waals surface area contributed by atoms with Gasteiger partial charge in [-0.1, -0.05) is 24.3 Å². The van der Waals surface area contributed by atoms with Gasteiger partial charge in [0.05, 0.1) is 7.11 Å². The molecule has 1 fully saturated rings. The number of hydrogen-bond donors (Lipinski definition) is 1. The van der Waals surface area contributed by atoms with Crippen molar-refractivity contribution in [3.8, 4) is 5.75 Å². The van der Waals surface area contributed by atoms with E-state index in [1.807, 2.05) is 23.1 Å². The predicted molar refractivity (Wildman–Crippen MR) is 105 cm³/mol. The Balaban J connectivity index is 1.63. The van der Waals surface area contributed by atoms with E-state index in [1.165, 1.54) is 4.88 Å². The van der Waals surface area contributed by atoms with Crippen LogP contribution in [0.1, 0.15) is 16.9 Å². The van der Waals surface area contributed by atoms with Gasteiger partial charge in [-0.3, -0.25) is 9.69 Å². The molecule has 5 nitrogen and oxygen atoms in total. The van der Waals surface area contributed by atoms with Gasteiger partial charge in [0.1, 0.15) is 5.75 Å². The lowest BCUT2D eigenvalue weighted by atomic mass is 10.1. The first-order valence-corrected chi connectivity index (χ1v) is 9.99. The number of nitrogens with one attached hydrogen (secondary N) is 1. The second-order valence-electron chi connectivity index (χ2n) is 6.48. The second kappa shape index (κ2) is 9.71. The largest absolute Gasteiger partial charge is 0.496 e.